The van der Waals surface area contributed by atoms with Gasteiger partial charge in [0.15, 0.2) is 0 Å². The number of hydrogen-bond donors (Lipinski definition) is 3. The van der Waals surface area contributed by atoms with Crippen molar-refractivity contribution in [3.63, 3.8) is 0 Å². The van der Waals surface area contributed by atoms with Gasteiger partial charge >= 0.3 is 6.18 Å². The molecule has 1 aromatic heterocycles. The zero-order valence-corrected chi connectivity index (χ0v) is 11.2. The molecule has 0 saturated carbocycles. The fourth-order valence-corrected chi connectivity index (χ4v) is 1.43. The van der Waals surface area contributed by atoms with Crippen molar-refractivity contribution in [2.75, 3.05) is 18.5 Å². The lowest BCUT2D eigenvalue weighted by molar-refractivity contribution is -0.143. The van der Waals surface area contributed by atoms with Gasteiger partial charge in [-0.2, -0.15) is 18.3 Å². The number of aromatic nitrogens is 2. The molecule has 0 aliphatic heterocycles. The maximum absolute atomic E-state index is 12.2. The van der Waals surface area contributed by atoms with Crippen molar-refractivity contribution < 1.29 is 23.4 Å². The number of aliphatic hydroxyl groups excluding tert-OH is 1. The average Bonchev–Trinajstić information content (AvgIpc) is 2.33. The Morgan fingerprint density at radius 1 is 1.50 bits per heavy atom. The summed E-state index contributed by atoms with van der Waals surface area (Å²) >= 11 is 5.65. The van der Waals surface area contributed by atoms with Gasteiger partial charge in [-0.25, -0.2) is 4.68 Å². The highest BCUT2D eigenvalue weighted by atomic mass is 35.5. The van der Waals surface area contributed by atoms with E-state index in [-0.39, 0.29) is 16.9 Å². The number of alkyl halides is 3. The largest absolute Gasteiger partial charge is 0.408 e. The zero-order valence-electron chi connectivity index (χ0n) is 10.4. The molecule has 1 rings (SSSR count). The normalized spacial score (nSPS) is 14.9. The molecule has 0 fully saturated rings. The molecule has 20 heavy (non-hydrogen) atoms. The van der Waals surface area contributed by atoms with Crippen LogP contribution >= 0.6 is 11.6 Å². The van der Waals surface area contributed by atoms with Crippen molar-refractivity contribution in [3.8, 4) is 0 Å². The van der Waals surface area contributed by atoms with E-state index in [0.29, 0.717) is 0 Å². The van der Waals surface area contributed by atoms with Crippen molar-refractivity contribution >= 4 is 17.3 Å². The first-order valence-corrected chi connectivity index (χ1v) is 5.83. The molecule has 0 radical (unpaired) electrons. The molecule has 0 amide bonds. The third-order valence-corrected chi connectivity index (χ3v) is 2.68. The number of nitrogens with zero attached hydrogens (tertiary/aromatic N) is 2. The minimum Gasteiger partial charge on any atom is -0.393 e. The molecule has 0 aliphatic carbocycles. The molecule has 114 valence electrons. The van der Waals surface area contributed by atoms with Crippen molar-refractivity contribution in [1.82, 2.24) is 9.78 Å². The fraction of sp³-hybridized carbons (Fsp3) is 0.600. The summed E-state index contributed by atoms with van der Waals surface area (Å²) in [5.41, 5.74) is -2.59. The van der Waals surface area contributed by atoms with Crippen molar-refractivity contribution in [2.45, 2.75) is 25.2 Å². The highest BCUT2D eigenvalue weighted by Crippen LogP contribution is 2.19. The van der Waals surface area contributed by atoms with Gasteiger partial charge in [0.25, 0.3) is 5.56 Å². The Bertz CT molecular complexity index is 531. The third-order valence-electron chi connectivity index (χ3n) is 2.31. The Morgan fingerprint density at radius 2 is 2.10 bits per heavy atom. The molecule has 0 aromatic carbocycles. The minimum absolute atomic E-state index is 0.0242. The molecule has 0 spiro atoms. The maximum atomic E-state index is 12.2. The van der Waals surface area contributed by atoms with Crippen LogP contribution < -0.4 is 10.9 Å². The fourth-order valence-electron chi connectivity index (χ4n) is 1.21. The third kappa shape index (κ3) is 4.66. The molecular weight excluding hydrogens is 303 g/mol. The van der Waals surface area contributed by atoms with Gasteiger partial charge in [-0.05, 0) is 6.92 Å². The van der Waals surface area contributed by atoms with E-state index in [9.17, 15) is 23.1 Å². The first-order valence-electron chi connectivity index (χ1n) is 5.45. The van der Waals surface area contributed by atoms with Crippen LogP contribution in [0.4, 0.5) is 18.9 Å². The number of rotatable bonds is 5. The Morgan fingerprint density at radius 3 is 2.60 bits per heavy atom. The first kappa shape index (κ1) is 16.7. The molecule has 0 aliphatic rings. The topological polar surface area (TPSA) is 87.4 Å². The average molecular weight is 316 g/mol. The maximum Gasteiger partial charge on any atom is 0.408 e. The second-order valence-corrected chi connectivity index (χ2v) is 4.84. The van der Waals surface area contributed by atoms with Crippen LogP contribution in [0.3, 0.4) is 0 Å². The van der Waals surface area contributed by atoms with Crippen LogP contribution in [0.15, 0.2) is 11.0 Å². The van der Waals surface area contributed by atoms with Crippen LogP contribution in [0.2, 0.25) is 5.02 Å². The molecule has 0 bridgehead atoms. The molecule has 1 atom stereocenters. The summed E-state index contributed by atoms with van der Waals surface area (Å²) in [6, 6.07) is 0. The standard InChI is InChI=1S/C10H13ClF3N3O3/c1-9(20,5-18)3-15-6-2-16-17(4-10(12,13)14)8(19)7(6)11/h2,15,18,20H,3-5H2,1H3. The van der Waals surface area contributed by atoms with Crippen molar-refractivity contribution in [3.05, 3.63) is 21.6 Å². The molecule has 1 heterocycles. The van der Waals surface area contributed by atoms with Crippen LogP contribution in [-0.2, 0) is 6.54 Å². The summed E-state index contributed by atoms with van der Waals surface area (Å²) in [6.45, 7) is -0.920. The molecule has 6 nitrogen and oxygen atoms in total. The van der Waals surface area contributed by atoms with E-state index in [1.165, 1.54) is 6.92 Å². The van der Waals surface area contributed by atoms with E-state index in [2.05, 4.69) is 10.4 Å². The molecule has 0 saturated heterocycles. The smallest absolute Gasteiger partial charge is 0.393 e. The predicted octanol–water partition coefficient (Wildman–Crippen LogP) is 0.614. The SMILES string of the molecule is CC(O)(CO)CNc1cnn(CC(F)(F)F)c(=O)c1Cl. The van der Waals surface area contributed by atoms with Crippen molar-refractivity contribution in [2.24, 2.45) is 0 Å². The molecule has 1 unspecified atom stereocenters. The van der Waals surface area contributed by atoms with Gasteiger partial charge in [-0.3, -0.25) is 4.79 Å². The quantitative estimate of drug-likeness (QED) is 0.741. The monoisotopic (exact) mass is 315 g/mol. The Labute approximate surface area is 116 Å². The summed E-state index contributed by atoms with van der Waals surface area (Å²) in [6.07, 6.45) is -3.64. The van der Waals surface area contributed by atoms with Crippen LogP contribution in [-0.4, -0.2) is 44.9 Å². The van der Waals surface area contributed by atoms with Gasteiger partial charge in [0.1, 0.15) is 17.2 Å². The van der Waals surface area contributed by atoms with Gasteiger partial charge in [0.05, 0.1) is 18.5 Å². The van der Waals surface area contributed by atoms with Gasteiger partial charge in [0.2, 0.25) is 0 Å². The van der Waals surface area contributed by atoms with Gasteiger partial charge in [-0.15, -0.1) is 0 Å². The van der Waals surface area contributed by atoms with E-state index in [1.54, 1.807) is 0 Å². The minimum atomic E-state index is -4.59. The van der Waals surface area contributed by atoms with Crippen LogP contribution in [0, 0.1) is 0 Å². The Hall–Kier alpha value is -1.32. The zero-order chi connectivity index (χ0) is 15.6. The molecular formula is C10H13ClF3N3O3. The molecule has 1 aromatic rings. The number of anilines is 1. The van der Waals surface area contributed by atoms with Crippen LogP contribution in [0.25, 0.3) is 0 Å². The van der Waals surface area contributed by atoms with Crippen molar-refractivity contribution in [1.29, 1.82) is 0 Å². The lowest BCUT2D eigenvalue weighted by atomic mass is 10.1. The van der Waals surface area contributed by atoms with E-state index >= 15 is 0 Å². The summed E-state index contributed by atoms with van der Waals surface area (Å²) < 4.78 is 36.7. The van der Waals surface area contributed by atoms with Crippen LogP contribution in [0.5, 0.6) is 0 Å². The second-order valence-electron chi connectivity index (χ2n) is 4.46. The highest BCUT2D eigenvalue weighted by molar-refractivity contribution is 6.32. The molecule has 10 heteroatoms. The summed E-state index contributed by atoms with van der Waals surface area (Å²) in [4.78, 5) is 11.6. The van der Waals surface area contributed by atoms with E-state index in [4.69, 9.17) is 16.7 Å². The lowest BCUT2D eigenvalue weighted by Crippen LogP contribution is -2.38. The molecule has 3 N–H and O–H groups in total. The summed E-state index contributed by atoms with van der Waals surface area (Å²) in [5.74, 6) is 0. The van der Waals surface area contributed by atoms with Gasteiger partial charge in [-0.1, -0.05) is 11.6 Å². The number of hydrogen-bond acceptors (Lipinski definition) is 5. The number of halogens is 4. The van der Waals surface area contributed by atoms with E-state index in [0.717, 1.165) is 6.20 Å². The van der Waals surface area contributed by atoms with Crippen LogP contribution in [0.1, 0.15) is 6.92 Å². The number of aliphatic hydroxyl groups is 2. The van der Waals surface area contributed by atoms with Gasteiger partial charge < -0.3 is 15.5 Å². The van der Waals surface area contributed by atoms with E-state index < -0.39 is 35.5 Å². The van der Waals surface area contributed by atoms with Gasteiger partial charge in [0, 0.05) is 6.54 Å². The summed E-state index contributed by atoms with van der Waals surface area (Å²) in [5, 5.41) is 23.8. The summed E-state index contributed by atoms with van der Waals surface area (Å²) in [7, 11) is 0. The Kier molecular flexibility index (Phi) is 5.00. The number of nitrogens with one attached hydrogen (secondary N) is 1. The van der Waals surface area contributed by atoms with E-state index in [1.807, 2.05) is 0 Å². The lowest BCUT2D eigenvalue weighted by Gasteiger charge is -2.21. The second kappa shape index (κ2) is 5.98. The predicted molar refractivity (Wildman–Crippen MR) is 65.8 cm³/mol. The Balaban J connectivity index is 2.93. The first-order chi connectivity index (χ1) is 9.06. The highest BCUT2D eigenvalue weighted by Gasteiger charge is 2.30.